The highest BCUT2D eigenvalue weighted by Crippen LogP contribution is 2.60. The summed E-state index contributed by atoms with van der Waals surface area (Å²) >= 11 is 13.1. The zero-order valence-corrected chi connectivity index (χ0v) is 76.4. The van der Waals surface area contributed by atoms with Crippen LogP contribution >= 0.6 is 23.2 Å². The molecule has 700 valence electrons. The van der Waals surface area contributed by atoms with Gasteiger partial charge in [-0.1, -0.05) is 91.4 Å². The minimum atomic E-state index is -4.88. The summed E-state index contributed by atoms with van der Waals surface area (Å²) < 4.78 is 185. The van der Waals surface area contributed by atoms with E-state index in [1.54, 1.807) is 91.1 Å². The average molecular weight is 1880 g/mol. The SMILES string of the molecule is CC(C)(OC(=O)Oc1ccc([N+](=O)[O-])cc1)C(F)(F)F.CC[C@@H]1C[C@]1(CC(=O)[C@@H]1C[C@@H](Oc2nccc3c(Cl)c(OC)ccc23)CN1C(=O)[C@@H](CC(=O)OC(C)(C)C(F)(F)F)C(C)(C)C)C(=O)NS(=O)(=O)OC1CC1.CC[C@@H]1C[C@]1(CC(=O)[C@@H]1C[C@@H](Oc2nccc3c(Cl)c(OC)ccc23)CN1C(=O)[C@@H](CC(=O)OC(C)(C)C)C(C)(C)C)C(=O)NS(=O)(=O)OC1CC1. The summed E-state index contributed by atoms with van der Waals surface area (Å²) in [6.45, 7) is 21.9. The lowest BCUT2D eigenvalue weighted by Crippen LogP contribution is -2.49. The highest BCUT2D eigenvalue weighted by atomic mass is 35.5. The summed E-state index contributed by atoms with van der Waals surface area (Å²) in [6, 6.07) is 12.1. The minimum absolute atomic E-state index is 0.00188. The molecule has 2 saturated heterocycles. The standard InChI is InChI=1S/C37H47ClF3N3O10S.C37H50ClN3O10S.C11H10F3NO5/c1-8-20-17-36(20,33(48)43-55(49,50)54-21-9-10-21)18-27(45)26-15-22(52-31-24-11-12-28(51-7)30(38)23(24)13-14-42-31)19-44(26)32(47)25(34(2,3)4)16-29(46)53-35(5,6)37(39,40)41;1-9-21-18-37(21,34(45)40-52(46,47)51-22-10-11-22)19-28(42)27-16-23(49-32-25-12-13-29(48-8)31(38)24(25)14-15-39-32)20-41(27)33(44)26(35(2,3)4)17-30(43)50-36(5,6)7;1-10(2,11(12,13)14)20-9(16)19-8-5-3-7(4-6-8)15(17)18/h11-14,20-22,25-26H,8-10,15-19H2,1-7H3,(H,43,48);12-15,21-23,26-27H,9-11,16-20H2,1-8H3,(H,40,45);3-6H,1-2H3/t20-,22-,25-,26+,36-;21-,23-,26-,27+,37-;/m11./s1. The zero-order valence-electron chi connectivity index (χ0n) is 73.3. The quantitative estimate of drug-likeness (QED) is 0.0101. The molecule has 6 aliphatic rings. The van der Waals surface area contributed by atoms with Crippen LogP contribution in [0.25, 0.3) is 21.5 Å². The Morgan fingerprint density at radius 1 is 0.535 bits per heavy atom. The third-order valence-electron chi connectivity index (χ3n) is 23.0. The second kappa shape index (κ2) is 38.7. The molecule has 10 atom stereocenters. The Kier molecular flexibility index (Phi) is 30.8. The smallest absolute Gasteiger partial charge is 0.495 e. The number of methoxy groups -OCH3 is 2. The van der Waals surface area contributed by atoms with Crippen molar-refractivity contribution in [2.75, 3.05) is 27.3 Å². The number of carbonyl (C=O) groups excluding carboxylic acids is 9. The number of aromatic nitrogens is 2. The maximum absolute atomic E-state index is 14.6. The van der Waals surface area contributed by atoms with Gasteiger partial charge in [0.15, 0.2) is 11.6 Å². The van der Waals surface area contributed by atoms with E-state index in [9.17, 15) is 96.4 Å². The van der Waals surface area contributed by atoms with Gasteiger partial charge in [0, 0.05) is 71.8 Å². The molecule has 0 bridgehead atoms. The van der Waals surface area contributed by atoms with Crippen LogP contribution in [0.1, 0.15) is 194 Å². The molecule has 0 spiro atoms. The molecule has 127 heavy (non-hydrogen) atoms. The van der Waals surface area contributed by atoms with Gasteiger partial charge in [0.1, 0.15) is 35.1 Å². The number of alkyl halides is 6. The molecule has 6 fully saturated rings. The predicted octanol–water partition coefficient (Wildman–Crippen LogP) is 15.1. The molecule has 2 N–H and O–H groups in total. The van der Waals surface area contributed by atoms with Crippen molar-refractivity contribution < 1.29 is 138 Å². The van der Waals surface area contributed by atoms with Crippen molar-refractivity contribution >= 4 is 124 Å². The van der Waals surface area contributed by atoms with E-state index in [1.165, 1.54) is 30.2 Å². The fourth-order valence-corrected chi connectivity index (χ4v) is 17.7. The fourth-order valence-electron chi connectivity index (χ4n) is 15.1. The second-order valence-corrected chi connectivity index (χ2v) is 40.0. The summed E-state index contributed by atoms with van der Waals surface area (Å²) in [5, 5.41) is 13.4. The van der Waals surface area contributed by atoms with E-state index in [2.05, 4.69) is 19.4 Å². The van der Waals surface area contributed by atoms with Gasteiger partial charge in [-0.2, -0.15) is 43.2 Å². The molecular formula is C85H107Cl2F6N7O25S2. The maximum atomic E-state index is 14.6. The number of esters is 2. The van der Waals surface area contributed by atoms with Gasteiger partial charge in [0.2, 0.25) is 46.6 Å². The summed E-state index contributed by atoms with van der Waals surface area (Å²) in [5.41, 5.74) is -10.9. The topological polar surface area (TPSA) is 414 Å². The molecule has 0 radical (unpaired) electrons. The van der Waals surface area contributed by atoms with E-state index in [1.807, 2.05) is 37.1 Å². The molecule has 0 unspecified atom stereocenters. The molecule has 5 aromatic rings. The first-order valence-corrected chi connectivity index (χ1v) is 44.7. The van der Waals surface area contributed by atoms with Gasteiger partial charge < -0.3 is 47.7 Å². The number of pyridine rings is 2. The molecule has 4 aliphatic carbocycles. The van der Waals surface area contributed by atoms with Crippen LogP contribution in [0.2, 0.25) is 10.0 Å². The lowest BCUT2D eigenvalue weighted by molar-refractivity contribution is -0.384. The van der Waals surface area contributed by atoms with E-state index >= 15 is 0 Å². The first-order valence-electron chi connectivity index (χ1n) is 41.1. The van der Waals surface area contributed by atoms with Gasteiger partial charge in [-0.25, -0.2) is 24.2 Å². The molecule has 4 heterocycles. The number of rotatable bonds is 32. The number of Topliss-reactive ketones (excluding diaryl/α,β-unsaturated/α-hetero) is 2. The third-order valence-corrected chi connectivity index (χ3v) is 25.7. The third kappa shape index (κ3) is 25.3. The molecule has 11 rings (SSSR count). The van der Waals surface area contributed by atoms with Gasteiger partial charge in [-0.05, 0) is 158 Å². The van der Waals surface area contributed by atoms with Crippen molar-refractivity contribution in [3.05, 3.63) is 93.2 Å². The Balaban J connectivity index is 0.000000237. The Morgan fingerprint density at radius 2 is 0.906 bits per heavy atom. The number of halogens is 8. The van der Waals surface area contributed by atoms with Gasteiger partial charge >= 0.3 is 51.1 Å². The Bertz CT molecular complexity index is 5230. The normalized spacial score (nSPS) is 21.9. The average Bonchev–Trinajstić information content (AvgIpc) is 1.58. The Labute approximate surface area is 741 Å². The molecule has 2 aromatic heterocycles. The number of nitro groups is 1. The van der Waals surface area contributed by atoms with Crippen molar-refractivity contribution in [1.29, 1.82) is 0 Å². The van der Waals surface area contributed by atoms with E-state index in [-0.39, 0.29) is 80.2 Å². The lowest BCUT2D eigenvalue weighted by Gasteiger charge is -2.35. The summed E-state index contributed by atoms with van der Waals surface area (Å²) in [6.07, 6.45) is -8.54. The Morgan fingerprint density at radius 3 is 1.23 bits per heavy atom. The number of nitro benzene ring substituents is 1. The Hall–Kier alpha value is -9.51. The van der Waals surface area contributed by atoms with Crippen LogP contribution in [0, 0.1) is 55.4 Å². The molecule has 3 aromatic carbocycles. The number of ketones is 2. The number of carbonyl (C=O) groups is 9. The van der Waals surface area contributed by atoms with Crippen molar-refractivity contribution in [1.82, 2.24) is 29.2 Å². The van der Waals surface area contributed by atoms with Crippen molar-refractivity contribution in [2.24, 2.45) is 45.3 Å². The van der Waals surface area contributed by atoms with Crippen LogP contribution in [0.5, 0.6) is 29.0 Å². The monoisotopic (exact) mass is 1870 g/mol. The first-order chi connectivity index (χ1) is 58.6. The lowest BCUT2D eigenvalue weighted by atomic mass is 9.77. The van der Waals surface area contributed by atoms with Crippen molar-refractivity contribution in [2.45, 2.75) is 259 Å². The van der Waals surface area contributed by atoms with E-state index in [4.69, 9.17) is 60.0 Å². The maximum Gasteiger partial charge on any atom is 0.514 e. The number of nitrogens with zero attached hydrogens (tertiary/aromatic N) is 5. The predicted molar refractivity (Wildman–Crippen MR) is 446 cm³/mol. The van der Waals surface area contributed by atoms with Gasteiger partial charge in [-0.3, -0.25) is 56.8 Å². The number of benzene rings is 3. The number of likely N-dealkylation sites (tertiary alicyclic amines) is 2. The van der Waals surface area contributed by atoms with Crippen LogP contribution in [0.15, 0.2) is 73.1 Å². The molecular weight excluding hydrogens is 1770 g/mol. The van der Waals surface area contributed by atoms with Gasteiger partial charge in [-0.15, -0.1) is 0 Å². The highest BCUT2D eigenvalue weighted by Gasteiger charge is 2.64. The second-order valence-electron chi connectivity index (χ2n) is 36.7. The number of hydrogen-bond donors (Lipinski definition) is 2. The van der Waals surface area contributed by atoms with Crippen LogP contribution in [0.4, 0.5) is 36.8 Å². The highest BCUT2D eigenvalue weighted by molar-refractivity contribution is 7.85. The summed E-state index contributed by atoms with van der Waals surface area (Å²) in [7, 11) is -5.81. The van der Waals surface area contributed by atoms with Crippen LogP contribution in [-0.4, -0.2) is 188 Å². The van der Waals surface area contributed by atoms with E-state index in [0.717, 1.165) is 24.3 Å². The van der Waals surface area contributed by atoms with Crippen LogP contribution in [0.3, 0.4) is 0 Å². The largest absolute Gasteiger partial charge is 0.514 e. The zero-order chi connectivity index (χ0) is 94.8. The number of amides is 4. The van der Waals surface area contributed by atoms with E-state index < -0.39 is 191 Å². The number of ether oxygens (including phenoxy) is 8. The molecule has 42 heteroatoms. The minimum Gasteiger partial charge on any atom is -0.495 e. The number of hydrogen-bond acceptors (Lipinski definition) is 27. The fraction of sp³-hybridized carbons (Fsp3) is 0.612. The molecule has 32 nitrogen and oxygen atoms in total. The van der Waals surface area contributed by atoms with Crippen LogP contribution < -0.4 is 33.1 Å². The molecule has 2 aliphatic heterocycles. The first kappa shape index (κ1) is 101. The van der Waals surface area contributed by atoms with Crippen molar-refractivity contribution in [3.8, 4) is 29.0 Å². The van der Waals surface area contributed by atoms with Crippen LogP contribution in [-0.2, 0) is 81.5 Å². The summed E-state index contributed by atoms with van der Waals surface area (Å²) in [4.78, 5) is 143. The molecule has 4 saturated carbocycles. The number of nitrogens with one attached hydrogen (secondary N) is 2. The van der Waals surface area contributed by atoms with E-state index in [0.29, 0.717) is 116 Å². The van der Waals surface area contributed by atoms with Crippen molar-refractivity contribution in [3.63, 3.8) is 0 Å². The van der Waals surface area contributed by atoms with Gasteiger partial charge in [0.05, 0.1) is 102 Å². The van der Waals surface area contributed by atoms with Gasteiger partial charge in [0.25, 0.3) is 5.69 Å². The molecule has 4 amide bonds. The summed E-state index contributed by atoms with van der Waals surface area (Å²) in [5.74, 6) is -7.14. The number of fused-ring (bicyclic) bond motifs is 2. The number of non-ortho nitro benzene ring substituents is 1.